The number of hydrogen-bond donors (Lipinski definition) is 4. The first-order chi connectivity index (χ1) is 10.6. The Labute approximate surface area is 126 Å². The molecule has 4 heteroatoms. The fourth-order valence-corrected chi connectivity index (χ4v) is 3.37. The summed E-state index contributed by atoms with van der Waals surface area (Å²) in [4.78, 5) is 0. The van der Waals surface area contributed by atoms with Gasteiger partial charge in [0.05, 0.1) is 0 Å². The van der Waals surface area contributed by atoms with Crippen molar-refractivity contribution < 1.29 is 20.4 Å². The van der Waals surface area contributed by atoms with Gasteiger partial charge in [-0.2, -0.15) is 0 Å². The molecule has 0 heterocycles. The summed E-state index contributed by atoms with van der Waals surface area (Å²) in [6.45, 7) is 0. The monoisotopic (exact) mass is 296 g/mol. The summed E-state index contributed by atoms with van der Waals surface area (Å²) in [6, 6.07) is 15.4. The van der Waals surface area contributed by atoms with Crippen LogP contribution in [0, 0.1) is 0 Å². The lowest BCUT2D eigenvalue weighted by Gasteiger charge is -2.35. The fourth-order valence-electron chi connectivity index (χ4n) is 3.37. The normalized spacial score (nSPS) is 28.0. The Morgan fingerprint density at radius 2 is 1.27 bits per heavy atom. The van der Waals surface area contributed by atoms with Gasteiger partial charge >= 0.3 is 0 Å². The van der Waals surface area contributed by atoms with Crippen molar-refractivity contribution in [3.8, 4) is 0 Å². The molecule has 3 aromatic rings. The maximum Gasteiger partial charge on any atom is 0.113 e. The van der Waals surface area contributed by atoms with Gasteiger partial charge in [0, 0.05) is 0 Å². The fraction of sp³-hybridized carbons (Fsp3) is 0.222. The molecule has 0 saturated heterocycles. The van der Waals surface area contributed by atoms with Gasteiger partial charge in [0.15, 0.2) is 0 Å². The van der Waals surface area contributed by atoms with E-state index in [1.807, 2.05) is 42.5 Å². The van der Waals surface area contributed by atoms with Crippen molar-refractivity contribution in [3.05, 3.63) is 59.7 Å². The summed E-state index contributed by atoms with van der Waals surface area (Å²) >= 11 is 0. The van der Waals surface area contributed by atoms with Gasteiger partial charge in [-0.1, -0.05) is 36.4 Å². The molecule has 112 valence electrons. The molecule has 4 unspecified atom stereocenters. The highest BCUT2D eigenvalue weighted by atomic mass is 16.4. The van der Waals surface area contributed by atoms with Crippen molar-refractivity contribution in [2.75, 3.05) is 0 Å². The number of hydrogen-bond acceptors (Lipinski definition) is 4. The number of rotatable bonds is 0. The van der Waals surface area contributed by atoms with Crippen LogP contribution >= 0.6 is 0 Å². The largest absolute Gasteiger partial charge is 0.387 e. The van der Waals surface area contributed by atoms with Crippen LogP contribution in [0.5, 0.6) is 0 Å². The number of aliphatic hydroxyl groups excluding tert-OH is 4. The Morgan fingerprint density at radius 3 is 2.00 bits per heavy atom. The second-order valence-electron chi connectivity index (χ2n) is 5.86. The maximum atomic E-state index is 10.4. The lowest BCUT2D eigenvalue weighted by atomic mass is 9.80. The molecule has 0 aliphatic heterocycles. The SMILES string of the molecule is OC1c2ccc3cc4ccccc4cc3c2C(O)C(O)C1O. The Kier molecular flexibility index (Phi) is 2.96. The topological polar surface area (TPSA) is 80.9 Å². The Balaban J connectivity index is 2.08. The van der Waals surface area contributed by atoms with E-state index < -0.39 is 24.4 Å². The van der Waals surface area contributed by atoms with Crippen LogP contribution in [0.2, 0.25) is 0 Å². The van der Waals surface area contributed by atoms with Crippen LogP contribution < -0.4 is 0 Å². The highest BCUT2D eigenvalue weighted by Crippen LogP contribution is 2.41. The molecule has 0 spiro atoms. The zero-order valence-corrected chi connectivity index (χ0v) is 11.7. The molecule has 0 amide bonds. The molecule has 0 aromatic heterocycles. The van der Waals surface area contributed by atoms with Crippen molar-refractivity contribution in [3.63, 3.8) is 0 Å². The molecular formula is C18H16O4. The standard InChI is InChI=1S/C18H16O4/c19-15-12-6-5-11-7-9-3-1-2-4-10(9)8-13(11)14(12)16(20)18(22)17(15)21/h1-8,15-22H. The van der Waals surface area contributed by atoms with E-state index in [-0.39, 0.29) is 0 Å². The lowest BCUT2D eigenvalue weighted by molar-refractivity contribution is -0.119. The zero-order valence-electron chi connectivity index (χ0n) is 11.7. The molecule has 3 aromatic carbocycles. The van der Waals surface area contributed by atoms with Crippen LogP contribution in [-0.4, -0.2) is 32.6 Å². The molecule has 4 nitrogen and oxygen atoms in total. The molecule has 1 aliphatic rings. The molecule has 4 rings (SSSR count). The van der Waals surface area contributed by atoms with Crippen molar-refractivity contribution in [1.82, 2.24) is 0 Å². The summed E-state index contributed by atoms with van der Waals surface area (Å²) in [5.41, 5.74) is 0.960. The summed E-state index contributed by atoms with van der Waals surface area (Å²) in [6.07, 6.45) is -5.22. The minimum absolute atomic E-state index is 0.466. The first-order valence-corrected chi connectivity index (χ1v) is 7.25. The van der Waals surface area contributed by atoms with Crippen molar-refractivity contribution in [2.24, 2.45) is 0 Å². The average Bonchev–Trinajstić information content (AvgIpc) is 2.55. The quantitative estimate of drug-likeness (QED) is 0.477. The van der Waals surface area contributed by atoms with Gasteiger partial charge in [0.1, 0.15) is 24.4 Å². The van der Waals surface area contributed by atoms with Gasteiger partial charge < -0.3 is 20.4 Å². The van der Waals surface area contributed by atoms with E-state index in [2.05, 4.69) is 0 Å². The average molecular weight is 296 g/mol. The summed E-state index contributed by atoms with van der Waals surface area (Å²) < 4.78 is 0. The van der Waals surface area contributed by atoms with E-state index >= 15 is 0 Å². The summed E-state index contributed by atoms with van der Waals surface area (Å²) in [5, 5.41) is 44.2. The van der Waals surface area contributed by atoms with E-state index in [4.69, 9.17) is 0 Å². The van der Waals surface area contributed by atoms with Crippen LogP contribution in [0.25, 0.3) is 21.5 Å². The predicted octanol–water partition coefficient (Wildman–Crippen LogP) is 1.80. The third kappa shape index (κ3) is 1.79. The first kappa shape index (κ1) is 13.7. The molecular weight excluding hydrogens is 280 g/mol. The molecule has 4 N–H and O–H groups in total. The second kappa shape index (κ2) is 4.76. The van der Waals surface area contributed by atoms with Crippen LogP contribution in [0.1, 0.15) is 23.3 Å². The molecule has 0 bridgehead atoms. The van der Waals surface area contributed by atoms with E-state index in [0.29, 0.717) is 11.1 Å². The van der Waals surface area contributed by atoms with Gasteiger partial charge in [-0.15, -0.1) is 0 Å². The van der Waals surface area contributed by atoms with Gasteiger partial charge in [0.25, 0.3) is 0 Å². The summed E-state index contributed by atoms with van der Waals surface area (Å²) in [7, 11) is 0. The molecule has 0 fully saturated rings. The lowest BCUT2D eigenvalue weighted by Crippen LogP contribution is -2.41. The second-order valence-corrected chi connectivity index (χ2v) is 5.86. The zero-order chi connectivity index (χ0) is 15.4. The van der Waals surface area contributed by atoms with Gasteiger partial charge in [-0.25, -0.2) is 0 Å². The molecule has 22 heavy (non-hydrogen) atoms. The Morgan fingerprint density at radius 1 is 0.636 bits per heavy atom. The van der Waals surface area contributed by atoms with Crippen LogP contribution in [0.4, 0.5) is 0 Å². The van der Waals surface area contributed by atoms with Gasteiger partial charge in [-0.05, 0) is 44.8 Å². The Bertz CT molecular complexity index is 873. The number of aliphatic hydroxyl groups is 4. The smallest absolute Gasteiger partial charge is 0.113 e. The number of benzene rings is 3. The van der Waals surface area contributed by atoms with E-state index in [1.165, 1.54) is 0 Å². The molecule has 4 atom stereocenters. The van der Waals surface area contributed by atoms with Crippen molar-refractivity contribution in [1.29, 1.82) is 0 Å². The minimum Gasteiger partial charge on any atom is -0.387 e. The van der Waals surface area contributed by atoms with Gasteiger partial charge in [0.2, 0.25) is 0 Å². The minimum atomic E-state index is -1.40. The van der Waals surface area contributed by atoms with Crippen LogP contribution in [0.15, 0.2) is 48.5 Å². The Hall–Kier alpha value is -1.98. The van der Waals surface area contributed by atoms with E-state index in [0.717, 1.165) is 21.5 Å². The van der Waals surface area contributed by atoms with Crippen LogP contribution in [-0.2, 0) is 0 Å². The number of fused-ring (bicyclic) bond motifs is 4. The van der Waals surface area contributed by atoms with Crippen molar-refractivity contribution >= 4 is 21.5 Å². The van der Waals surface area contributed by atoms with E-state index in [9.17, 15) is 20.4 Å². The maximum absolute atomic E-state index is 10.4. The molecule has 0 saturated carbocycles. The third-order valence-electron chi connectivity index (χ3n) is 4.57. The van der Waals surface area contributed by atoms with E-state index in [1.54, 1.807) is 6.07 Å². The van der Waals surface area contributed by atoms with Crippen LogP contribution in [0.3, 0.4) is 0 Å². The first-order valence-electron chi connectivity index (χ1n) is 7.25. The highest BCUT2D eigenvalue weighted by molar-refractivity contribution is 6.00. The molecule has 1 aliphatic carbocycles. The summed E-state index contributed by atoms with van der Waals surface area (Å²) in [5.74, 6) is 0. The highest BCUT2D eigenvalue weighted by Gasteiger charge is 2.40. The van der Waals surface area contributed by atoms with Gasteiger partial charge in [-0.3, -0.25) is 0 Å². The van der Waals surface area contributed by atoms with Crippen molar-refractivity contribution in [2.45, 2.75) is 24.4 Å². The third-order valence-corrected chi connectivity index (χ3v) is 4.57. The molecule has 0 radical (unpaired) electrons. The predicted molar refractivity (Wildman–Crippen MR) is 83.4 cm³/mol.